The third-order valence-corrected chi connectivity index (χ3v) is 3.50. The van der Waals surface area contributed by atoms with Gasteiger partial charge in [0.1, 0.15) is 0 Å². The molecule has 3 heteroatoms. The smallest absolute Gasteiger partial charge is 0.226 e. The Kier molecular flexibility index (Phi) is 5.26. The van der Waals surface area contributed by atoms with Crippen LogP contribution in [0.4, 0.5) is 0 Å². The van der Waals surface area contributed by atoms with Crippen molar-refractivity contribution in [3.63, 3.8) is 0 Å². The third kappa shape index (κ3) is 3.48. The quantitative estimate of drug-likeness (QED) is 0.679. The molecule has 94 valence electrons. The van der Waals surface area contributed by atoms with Crippen molar-refractivity contribution in [1.29, 1.82) is 0 Å². The van der Waals surface area contributed by atoms with Crippen LogP contribution in [0.25, 0.3) is 0 Å². The first-order valence-electron chi connectivity index (χ1n) is 6.53. The standard InChI is InChI=1S/C13H26N2O/c1-11(2)10-13(6-4-5-7-13)12(16)15-9-8-14-3/h11,14H,4-10H2,1-3H3,(H,15,16). The molecule has 2 N–H and O–H groups in total. The van der Waals surface area contributed by atoms with Crippen molar-refractivity contribution in [2.75, 3.05) is 20.1 Å². The highest BCUT2D eigenvalue weighted by Crippen LogP contribution is 2.43. The number of hydrogen-bond donors (Lipinski definition) is 2. The number of likely N-dealkylation sites (N-methyl/N-ethyl adjacent to an activating group) is 1. The largest absolute Gasteiger partial charge is 0.354 e. The molecular weight excluding hydrogens is 200 g/mol. The summed E-state index contributed by atoms with van der Waals surface area (Å²) >= 11 is 0. The molecule has 1 fully saturated rings. The predicted molar refractivity (Wildman–Crippen MR) is 67.3 cm³/mol. The second-order valence-corrected chi connectivity index (χ2v) is 5.44. The summed E-state index contributed by atoms with van der Waals surface area (Å²) < 4.78 is 0. The van der Waals surface area contributed by atoms with Gasteiger partial charge in [-0.25, -0.2) is 0 Å². The Labute approximate surface area is 99.4 Å². The maximum atomic E-state index is 12.2. The van der Waals surface area contributed by atoms with Gasteiger partial charge >= 0.3 is 0 Å². The first kappa shape index (κ1) is 13.5. The molecule has 0 aliphatic heterocycles. The van der Waals surface area contributed by atoms with E-state index < -0.39 is 0 Å². The Balaban J connectivity index is 2.51. The highest BCUT2D eigenvalue weighted by Gasteiger charge is 2.40. The van der Waals surface area contributed by atoms with Crippen LogP contribution in [0.15, 0.2) is 0 Å². The molecule has 0 spiro atoms. The lowest BCUT2D eigenvalue weighted by Crippen LogP contribution is -2.42. The molecular formula is C13H26N2O. The van der Waals surface area contributed by atoms with E-state index in [4.69, 9.17) is 0 Å². The summed E-state index contributed by atoms with van der Waals surface area (Å²) in [5.74, 6) is 0.891. The Morgan fingerprint density at radius 2 is 1.88 bits per heavy atom. The summed E-state index contributed by atoms with van der Waals surface area (Å²) in [6.45, 7) is 6.01. The molecule has 0 aromatic heterocycles. The van der Waals surface area contributed by atoms with Gasteiger partial charge in [0.05, 0.1) is 0 Å². The van der Waals surface area contributed by atoms with E-state index in [0.717, 1.165) is 32.4 Å². The lowest BCUT2D eigenvalue weighted by atomic mass is 9.77. The van der Waals surface area contributed by atoms with Gasteiger partial charge in [-0.3, -0.25) is 4.79 Å². The van der Waals surface area contributed by atoms with Crippen LogP contribution in [0.2, 0.25) is 0 Å². The minimum Gasteiger partial charge on any atom is -0.354 e. The van der Waals surface area contributed by atoms with Gasteiger partial charge in [0.25, 0.3) is 0 Å². The highest BCUT2D eigenvalue weighted by atomic mass is 16.2. The minimum absolute atomic E-state index is 0.0537. The van der Waals surface area contributed by atoms with E-state index in [-0.39, 0.29) is 11.3 Å². The van der Waals surface area contributed by atoms with Crippen molar-refractivity contribution in [1.82, 2.24) is 10.6 Å². The van der Waals surface area contributed by atoms with Gasteiger partial charge in [-0.2, -0.15) is 0 Å². The van der Waals surface area contributed by atoms with Gasteiger partial charge in [0.15, 0.2) is 0 Å². The van der Waals surface area contributed by atoms with E-state index in [1.807, 2.05) is 7.05 Å². The normalized spacial score (nSPS) is 19.0. The van der Waals surface area contributed by atoms with E-state index in [1.165, 1.54) is 12.8 Å². The molecule has 1 saturated carbocycles. The van der Waals surface area contributed by atoms with Crippen molar-refractivity contribution in [2.24, 2.45) is 11.3 Å². The summed E-state index contributed by atoms with van der Waals surface area (Å²) in [6, 6.07) is 0. The topological polar surface area (TPSA) is 41.1 Å². The molecule has 1 aliphatic carbocycles. The second-order valence-electron chi connectivity index (χ2n) is 5.44. The molecule has 0 unspecified atom stereocenters. The third-order valence-electron chi connectivity index (χ3n) is 3.50. The molecule has 3 nitrogen and oxygen atoms in total. The van der Waals surface area contributed by atoms with Gasteiger partial charge in [-0.1, -0.05) is 26.7 Å². The highest BCUT2D eigenvalue weighted by molar-refractivity contribution is 5.82. The lowest BCUT2D eigenvalue weighted by Gasteiger charge is -2.29. The summed E-state index contributed by atoms with van der Waals surface area (Å²) in [5, 5.41) is 6.12. The first-order valence-corrected chi connectivity index (χ1v) is 6.53. The number of carbonyl (C=O) groups excluding carboxylic acids is 1. The molecule has 1 rings (SSSR count). The molecule has 0 aromatic rings. The van der Waals surface area contributed by atoms with Crippen LogP contribution in [-0.2, 0) is 4.79 Å². The number of carbonyl (C=O) groups is 1. The fourth-order valence-electron chi connectivity index (χ4n) is 2.85. The summed E-state index contributed by atoms with van der Waals surface area (Å²) in [7, 11) is 1.91. The number of amides is 1. The summed E-state index contributed by atoms with van der Waals surface area (Å²) in [6.07, 6.45) is 5.63. The zero-order valence-corrected chi connectivity index (χ0v) is 10.9. The fraction of sp³-hybridized carbons (Fsp3) is 0.923. The van der Waals surface area contributed by atoms with Crippen LogP contribution in [0, 0.1) is 11.3 Å². The van der Waals surface area contributed by atoms with Gasteiger partial charge in [0.2, 0.25) is 5.91 Å². The van der Waals surface area contributed by atoms with Gasteiger partial charge < -0.3 is 10.6 Å². The number of rotatable bonds is 6. The maximum Gasteiger partial charge on any atom is 0.226 e. The average molecular weight is 226 g/mol. The van der Waals surface area contributed by atoms with Gasteiger partial charge in [-0.15, -0.1) is 0 Å². The maximum absolute atomic E-state index is 12.2. The summed E-state index contributed by atoms with van der Waals surface area (Å²) in [5.41, 5.74) is -0.0537. The summed E-state index contributed by atoms with van der Waals surface area (Å²) in [4.78, 5) is 12.2. The van der Waals surface area contributed by atoms with Crippen molar-refractivity contribution in [3.05, 3.63) is 0 Å². The van der Waals surface area contributed by atoms with E-state index in [1.54, 1.807) is 0 Å². The van der Waals surface area contributed by atoms with Crippen LogP contribution in [-0.4, -0.2) is 26.0 Å². The average Bonchev–Trinajstić information content (AvgIpc) is 2.67. The molecule has 16 heavy (non-hydrogen) atoms. The number of nitrogens with one attached hydrogen (secondary N) is 2. The molecule has 1 aliphatic rings. The monoisotopic (exact) mass is 226 g/mol. The fourth-order valence-corrected chi connectivity index (χ4v) is 2.85. The molecule has 0 heterocycles. The van der Waals surface area contributed by atoms with E-state index in [0.29, 0.717) is 5.92 Å². The Morgan fingerprint density at radius 3 is 2.38 bits per heavy atom. The Morgan fingerprint density at radius 1 is 1.25 bits per heavy atom. The van der Waals surface area contributed by atoms with E-state index >= 15 is 0 Å². The SMILES string of the molecule is CNCCNC(=O)C1(CC(C)C)CCCC1. The molecule has 0 atom stereocenters. The van der Waals surface area contributed by atoms with E-state index in [9.17, 15) is 4.79 Å². The zero-order valence-electron chi connectivity index (χ0n) is 10.9. The van der Waals surface area contributed by atoms with Gasteiger partial charge in [-0.05, 0) is 32.2 Å². The van der Waals surface area contributed by atoms with Crippen LogP contribution in [0.1, 0.15) is 46.0 Å². The van der Waals surface area contributed by atoms with Crippen LogP contribution in [0.3, 0.4) is 0 Å². The van der Waals surface area contributed by atoms with Crippen LogP contribution < -0.4 is 10.6 Å². The van der Waals surface area contributed by atoms with Gasteiger partial charge in [0, 0.05) is 18.5 Å². The molecule has 0 aromatic carbocycles. The Hall–Kier alpha value is -0.570. The van der Waals surface area contributed by atoms with Crippen LogP contribution >= 0.6 is 0 Å². The first-order chi connectivity index (χ1) is 7.60. The van der Waals surface area contributed by atoms with Crippen molar-refractivity contribution >= 4 is 5.91 Å². The van der Waals surface area contributed by atoms with Crippen molar-refractivity contribution in [2.45, 2.75) is 46.0 Å². The predicted octanol–water partition coefficient (Wildman–Crippen LogP) is 1.93. The molecule has 0 bridgehead atoms. The second kappa shape index (κ2) is 6.24. The molecule has 0 saturated heterocycles. The molecule has 1 amide bonds. The minimum atomic E-state index is -0.0537. The van der Waals surface area contributed by atoms with E-state index in [2.05, 4.69) is 24.5 Å². The molecule has 0 radical (unpaired) electrons. The Bertz CT molecular complexity index is 220. The zero-order chi connectivity index (χ0) is 12.0. The van der Waals surface area contributed by atoms with Crippen LogP contribution in [0.5, 0.6) is 0 Å². The lowest BCUT2D eigenvalue weighted by molar-refractivity contribution is -0.131. The van der Waals surface area contributed by atoms with Crippen molar-refractivity contribution in [3.8, 4) is 0 Å². The van der Waals surface area contributed by atoms with Crippen molar-refractivity contribution < 1.29 is 4.79 Å². The number of hydrogen-bond acceptors (Lipinski definition) is 2.